The summed E-state index contributed by atoms with van der Waals surface area (Å²) in [6.45, 7) is 3.10. The van der Waals surface area contributed by atoms with Crippen molar-refractivity contribution in [2.45, 2.75) is 50.2 Å². The Kier molecular flexibility index (Phi) is 13.6. The topological polar surface area (TPSA) is 124 Å². The lowest BCUT2D eigenvalue weighted by atomic mass is 10.0. The molecule has 0 aromatic heterocycles. The summed E-state index contributed by atoms with van der Waals surface area (Å²) < 4.78 is 51.9. The number of rotatable bonds is 17. The van der Waals surface area contributed by atoms with E-state index in [0.717, 1.165) is 9.87 Å². The molecular weight excluding hydrogens is 694 g/mol. The number of hydrogen-bond acceptors (Lipinski definition) is 8. The van der Waals surface area contributed by atoms with Crippen molar-refractivity contribution in [2.75, 3.05) is 39.3 Å². The van der Waals surface area contributed by atoms with E-state index in [1.165, 1.54) is 63.7 Å². The first-order valence-electron chi connectivity index (χ1n) is 16.3. The Morgan fingerprint density at radius 3 is 2.10 bits per heavy atom. The van der Waals surface area contributed by atoms with Crippen LogP contribution in [0.2, 0.25) is 5.02 Å². The zero-order valence-electron chi connectivity index (χ0n) is 29.6. The molecule has 0 spiro atoms. The number of amides is 2. The summed E-state index contributed by atoms with van der Waals surface area (Å²) in [5, 5.41) is 3.25. The first kappa shape index (κ1) is 38.9. The lowest BCUT2D eigenvalue weighted by molar-refractivity contribution is -0.140. The monoisotopic (exact) mass is 737 g/mol. The molecule has 0 heterocycles. The van der Waals surface area contributed by atoms with Crippen LogP contribution in [-0.2, 0) is 32.6 Å². The number of carbonyl (C=O) groups excluding carboxylic acids is 2. The maximum atomic E-state index is 14.9. The lowest BCUT2D eigenvalue weighted by Gasteiger charge is -2.34. The third-order valence-electron chi connectivity index (χ3n) is 8.39. The summed E-state index contributed by atoms with van der Waals surface area (Å²) in [5.41, 5.74) is 1.52. The van der Waals surface area contributed by atoms with Crippen LogP contribution < -0.4 is 28.6 Å². The molecule has 0 saturated heterocycles. The van der Waals surface area contributed by atoms with Crippen molar-refractivity contribution in [3.63, 3.8) is 0 Å². The smallest absolute Gasteiger partial charge is 0.265 e. The molecule has 1 N–H and O–H groups in total. The molecule has 0 aliphatic rings. The van der Waals surface area contributed by atoms with Crippen LogP contribution in [0.3, 0.4) is 0 Å². The number of nitrogens with one attached hydrogen (secondary N) is 1. The number of carbonyl (C=O) groups is 2. The minimum absolute atomic E-state index is 0.0260. The highest BCUT2D eigenvalue weighted by molar-refractivity contribution is 7.92. The highest BCUT2D eigenvalue weighted by atomic mass is 35.5. The summed E-state index contributed by atoms with van der Waals surface area (Å²) >= 11 is 6.41. The minimum Gasteiger partial charge on any atom is -0.497 e. The van der Waals surface area contributed by atoms with Crippen molar-refractivity contribution >= 4 is 39.1 Å². The van der Waals surface area contributed by atoms with Crippen molar-refractivity contribution in [3.05, 3.63) is 107 Å². The molecule has 51 heavy (non-hydrogen) atoms. The van der Waals surface area contributed by atoms with Crippen LogP contribution >= 0.6 is 11.6 Å². The Labute approximate surface area is 305 Å². The average molecular weight is 738 g/mol. The van der Waals surface area contributed by atoms with Crippen molar-refractivity contribution in [2.24, 2.45) is 0 Å². The highest BCUT2D eigenvalue weighted by Crippen LogP contribution is 2.37. The largest absolute Gasteiger partial charge is 0.497 e. The molecule has 2 amide bonds. The predicted molar refractivity (Wildman–Crippen MR) is 197 cm³/mol. The second-order valence-corrected chi connectivity index (χ2v) is 14.0. The summed E-state index contributed by atoms with van der Waals surface area (Å²) in [5.74, 6) is 0.186. The number of halogens is 1. The van der Waals surface area contributed by atoms with Crippen LogP contribution in [0.15, 0.2) is 95.9 Å². The van der Waals surface area contributed by atoms with Gasteiger partial charge in [-0.15, -0.1) is 0 Å². The van der Waals surface area contributed by atoms with Gasteiger partial charge in [0.2, 0.25) is 11.8 Å². The molecule has 0 aliphatic carbocycles. The first-order valence-corrected chi connectivity index (χ1v) is 18.1. The van der Waals surface area contributed by atoms with E-state index in [-0.39, 0.29) is 52.0 Å². The Hall–Kier alpha value is -4.94. The van der Waals surface area contributed by atoms with E-state index in [1.54, 1.807) is 24.3 Å². The summed E-state index contributed by atoms with van der Waals surface area (Å²) in [6.07, 6.45) is 0.835. The van der Waals surface area contributed by atoms with Gasteiger partial charge in [-0.2, -0.15) is 0 Å². The SMILES string of the molecule is CC[C@@H](C)NC(=O)[C@H](Cc1ccccc1)N(Cc1cccc(OC)c1)C(=O)CN(c1cc(Cl)ccc1OC)S(=O)(=O)c1ccc(OC)c(OC)c1. The van der Waals surface area contributed by atoms with E-state index in [1.807, 2.05) is 50.2 Å². The van der Waals surface area contributed by atoms with Gasteiger partial charge in [0, 0.05) is 30.1 Å². The quantitative estimate of drug-likeness (QED) is 0.138. The number of hydrogen-bond donors (Lipinski definition) is 1. The molecule has 2 atom stereocenters. The Morgan fingerprint density at radius 1 is 0.784 bits per heavy atom. The second-order valence-electron chi connectivity index (χ2n) is 11.7. The Bertz CT molecular complexity index is 1910. The molecule has 0 fully saturated rings. The van der Waals surface area contributed by atoms with Gasteiger partial charge in [-0.25, -0.2) is 8.42 Å². The summed E-state index contributed by atoms with van der Waals surface area (Å²) in [7, 11) is 1.25. The van der Waals surface area contributed by atoms with Crippen LogP contribution in [0.25, 0.3) is 0 Å². The zero-order valence-corrected chi connectivity index (χ0v) is 31.2. The molecule has 0 unspecified atom stereocenters. The van der Waals surface area contributed by atoms with Crippen LogP contribution in [0.4, 0.5) is 5.69 Å². The number of ether oxygens (including phenoxy) is 4. The predicted octanol–water partition coefficient (Wildman–Crippen LogP) is 6.12. The third kappa shape index (κ3) is 9.65. The van der Waals surface area contributed by atoms with E-state index in [4.69, 9.17) is 30.5 Å². The number of anilines is 1. The van der Waals surface area contributed by atoms with Crippen molar-refractivity contribution < 1.29 is 37.0 Å². The molecule has 11 nitrogen and oxygen atoms in total. The van der Waals surface area contributed by atoms with Crippen molar-refractivity contribution in [3.8, 4) is 23.0 Å². The fraction of sp³-hybridized carbons (Fsp3) is 0.316. The van der Waals surface area contributed by atoms with Gasteiger partial charge in [-0.1, -0.05) is 61.0 Å². The standard InChI is InChI=1S/C38H44ClN3O8S/c1-7-26(2)40-38(44)33(21-27-12-9-8-10-13-27)41(24-28-14-11-15-30(20-28)47-3)37(43)25-42(32-22-29(39)16-18-34(32)48-4)51(45,46)31-17-19-35(49-5)36(23-31)50-6/h8-20,22-23,26,33H,7,21,24-25H2,1-6H3,(H,40,44)/t26-,33+/m1/s1. The maximum absolute atomic E-state index is 14.9. The summed E-state index contributed by atoms with van der Waals surface area (Å²) in [6, 6.07) is 23.9. The molecule has 0 radical (unpaired) electrons. The normalized spacial score (nSPS) is 12.3. The van der Waals surface area contributed by atoms with Crippen LogP contribution in [0, 0.1) is 0 Å². The average Bonchev–Trinajstić information content (AvgIpc) is 3.14. The number of sulfonamides is 1. The third-order valence-corrected chi connectivity index (χ3v) is 10.4. The second kappa shape index (κ2) is 17.8. The van der Waals surface area contributed by atoms with Crippen LogP contribution in [-0.4, -0.2) is 72.2 Å². The van der Waals surface area contributed by atoms with Gasteiger partial charge >= 0.3 is 0 Å². The van der Waals surface area contributed by atoms with Gasteiger partial charge in [-0.3, -0.25) is 13.9 Å². The van der Waals surface area contributed by atoms with Gasteiger partial charge in [0.25, 0.3) is 10.0 Å². The number of benzene rings is 4. The van der Waals surface area contributed by atoms with Gasteiger partial charge < -0.3 is 29.2 Å². The Morgan fingerprint density at radius 2 is 1.45 bits per heavy atom. The Balaban J connectivity index is 1.90. The van der Waals surface area contributed by atoms with Gasteiger partial charge in [-0.05, 0) is 66.9 Å². The van der Waals surface area contributed by atoms with Gasteiger partial charge in [0.1, 0.15) is 24.1 Å². The van der Waals surface area contributed by atoms with Crippen molar-refractivity contribution in [1.82, 2.24) is 10.2 Å². The van der Waals surface area contributed by atoms with Crippen molar-refractivity contribution in [1.29, 1.82) is 0 Å². The highest BCUT2D eigenvalue weighted by Gasteiger charge is 2.36. The van der Waals surface area contributed by atoms with Gasteiger partial charge in [0.15, 0.2) is 11.5 Å². The molecule has 0 saturated carbocycles. The molecule has 272 valence electrons. The molecule has 4 rings (SSSR count). The first-order chi connectivity index (χ1) is 24.4. The van der Waals surface area contributed by atoms with Gasteiger partial charge in [0.05, 0.1) is 39.0 Å². The number of methoxy groups -OCH3 is 4. The lowest BCUT2D eigenvalue weighted by Crippen LogP contribution is -2.54. The number of nitrogens with zero attached hydrogens (tertiary/aromatic N) is 2. The zero-order chi connectivity index (χ0) is 37.1. The van der Waals surface area contributed by atoms with Crippen LogP contribution in [0.1, 0.15) is 31.4 Å². The maximum Gasteiger partial charge on any atom is 0.265 e. The van der Waals surface area contributed by atoms with E-state index in [2.05, 4.69) is 5.32 Å². The van der Waals surface area contributed by atoms with E-state index in [0.29, 0.717) is 23.5 Å². The van der Waals surface area contributed by atoms with E-state index in [9.17, 15) is 18.0 Å². The molecule has 4 aromatic carbocycles. The fourth-order valence-electron chi connectivity index (χ4n) is 5.44. The van der Waals surface area contributed by atoms with Crippen LogP contribution in [0.5, 0.6) is 23.0 Å². The molecule has 0 bridgehead atoms. The fourth-order valence-corrected chi connectivity index (χ4v) is 7.04. The molecule has 13 heteroatoms. The van der Waals surface area contributed by atoms with E-state index >= 15 is 0 Å². The minimum atomic E-state index is -4.51. The van der Waals surface area contributed by atoms with E-state index < -0.39 is 28.5 Å². The summed E-state index contributed by atoms with van der Waals surface area (Å²) in [4.78, 5) is 30.2. The molecule has 0 aliphatic heterocycles. The molecule has 4 aromatic rings. The molecular formula is C38H44ClN3O8S.